The Hall–Kier alpha value is -2.85. The molecule has 1 N–H and O–H groups in total. The molecule has 0 bridgehead atoms. The van der Waals surface area contributed by atoms with E-state index in [1.54, 1.807) is 18.3 Å². The molecule has 0 aromatic heterocycles. The maximum Gasteiger partial charge on any atom is 0.128 e. The molecular weight excluding hydrogens is 339 g/mol. The minimum Gasteiger partial charge on any atom is -0.488 e. The Kier molecular flexibility index (Phi) is 5.65. The number of anilines is 1. The van der Waals surface area contributed by atoms with Crippen LogP contribution in [-0.4, -0.2) is 6.21 Å². The summed E-state index contributed by atoms with van der Waals surface area (Å²) in [5.41, 5.74) is 5.43. The van der Waals surface area contributed by atoms with Crippen molar-refractivity contribution in [2.45, 2.75) is 6.61 Å². The SMILES string of the molecule is Fc1ccc(NN=Cc2ccccc2OCc2ccc(Cl)cc2)cc1. The highest BCUT2D eigenvalue weighted by Crippen LogP contribution is 2.18. The minimum atomic E-state index is -0.282. The zero-order valence-electron chi connectivity index (χ0n) is 13.3. The molecular formula is C20H16ClFN2O. The van der Waals surface area contributed by atoms with E-state index in [2.05, 4.69) is 10.5 Å². The number of benzene rings is 3. The Morgan fingerprint density at radius 3 is 2.44 bits per heavy atom. The Morgan fingerprint density at radius 1 is 0.960 bits per heavy atom. The molecule has 0 radical (unpaired) electrons. The fourth-order valence-corrected chi connectivity index (χ4v) is 2.29. The Labute approximate surface area is 150 Å². The monoisotopic (exact) mass is 354 g/mol. The Balaban J connectivity index is 1.64. The molecule has 3 nitrogen and oxygen atoms in total. The first kappa shape index (κ1) is 17.0. The molecule has 0 heterocycles. The van der Waals surface area contributed by atoms with Gasteiger partial charge in [-0.05, 0) is 54.1 Å². The number of halogens is 2. The normalized spacial score (nSPS) is 10.8. The van der Waals surface area contributed by atoms with Gasteiger partial charge in [-0.15, -0.1) is 0 Å². The van der Waals surface area contributed by atoms with Crippen molar-refractivity contribution < 1.29 is 9.13 Å². The van der Waals surface area contributed by atoms with Crippen LogP contribution in [0.5, 0.6) is 5.75 Å². The van der Waals surface area contributed by atoms with E-state index in [1.165, 1.54) is 12.1 Å². The summed E-state index contributed by atoms with van der Waals surface area (Å²) in [6.07, 6.45) is 1.67. The third-order valence-corrected chi connectivity index (χ3v) is 3.72. The number of para-hydroxylation sites is 1. The summed E-state index contributed by atoms with van der Waals surface area (Å²) < 4.78 is 18.8. The molecule has 0 unspecified atom stereocenters. The number of hydrazone groups is 1. The van der Waals surface area contributed by atoms with E-state index in [4.69, 9.17) is 16.3 Å². The van der Waals surface area contributed by atoms with Gasteiger partial charge in [0.05, 0.1) is 11.9 Å². The molecule has 3 aromatic rings. The highest BCUT2D eigenvalue weighted by atomic mass is 35.5. The lowest BCUT2D eigenvalue weighted by molar-refractivity contribution is 0.306. The quantitative estimate of drug-likeness (QED) is 0.468. The van der Waals surface area contributed by atoms with E-state index in [9.17, 15) is 4.39 Å². The molecule has 0 aliphatic carbocycles. The number of ether oxygens (including phenoxy) is 1. The first-order chi connectivity index (χ1) is 12.2. The smallest absolute Gasteiger partial charge is 0.128 e. The van der Waals surface area contributed by atoms with Crippen LogP contribution in [0.1, 0.15) is 11.1 Å². The molecule has 126 valence electrons. The van der Waals surface area contributed by atoms with E-state index >= 15 is 0 Å². The van der Waals surface area contributed by atoms with Crippen molar-refractivity contribution in [3.05, 3.63) is 94.8 Å². The second kappa shape index (κ2) is 8.31. The molecule has 0 amide bonds. The van der Waals surface area contributed by atoms with Crippen molar-refractivity contribution in [3.63, 3.8) is 0 Å². The summed E-state index contributed by atoms with van der Waals surface area (Å²) >= 11 is 5.88. The summed E-state index contributed by atoms with van der Waals surface area (Å²) in [5, 5.41) is 4.87. The summed E-state index contributed by atoms with van der Waals surface area (Å²) in [4.78, 5) is 0. The number of hydrogen-bond acceptors (Lipinski definition) is 3. The molecule has 3 aromatic carbocycles. The predicted molar refractivity (Wildman–Crippen MR) is 99.8 cm³/mol. The van der Waals surface area contributed by atoms with Gasteiger partial charge >= 0.3 is 0 Å². The molecule has 0 aliphatic rings. The van der Waals surface area contributed by atoms with Gasteiger partial charge in [0, 0.05) is 10.6 Å². The van der Waals surface area contributed by atoms with Gasteiger partial charge in [0.15, 0.2) is 0 Å². The van der Waals surface area contributed by atoms with Gasteiger partial charge in [0.25, 0.3) is 0 Å². The second-order valence-corrected chi connectivity index (χ2v) is 5.77. The van der Waals surface area contributed by atoms with Crippen LogP contribution in [0, 0.1) is 5.82 Å². The average molecular weight is 355 g/mol. The molecule has 3 rings (SSSR count). The van der Waals surface area contributed by atoms with Crippen molar-refractivity contribution in [2.75, 3.05) is 5.43 Å². The van der Waals surface area contributed by atoms with Crippen LogP contribution in [0.4, 0.5) is 10.1 Å². The largest absolute Gasteiger partial charge is 0.488 e. The minimum absolute atomic E-state index is 0.282. The summed E-state index contributed by atoms with van der Waals surface area (Å²) in [5.74, 6) is 0.442. The van der Waals surface area contributed by atoms with Gasteiger partial charge in [-0.3, -0.25) is 5.43 Å². The molecule has 0 fully saturated rings. The van der Waals surface area contributed by atoms with Crippen molar-refractivity contribution in [2.24, 2.45) is 5.10 Å². The van der Waals surface area contributed by atoms with Crippen LogP contribution >= 0.6 is 11.6 Å². The van der Waals surface area contributed by atoms with E-state index in [0.29, 0.717) is 17.3 Å². The van der Waals surface area contributed by atoms with E-state index in [1.807, 2.05) is 48.5 Å². The van der Waals surface area contributed by atoms with Gasteiger partial charge in [-0.1, -0.05) is 35.9 Å². The number of hydrogen-bond donors (Lipinski definition) is 1. The number of rotatable bonds is 6. The van der Waals surface area contributed by atoms with Crippen molar-refractivity contribution in [1.29, 1.82) is 0 Å². The van der Waals surface area contributed by atoms with Gasteiger partial charge in [-0.2, -0.15) is 5.10 Å². The molecule has 0 atom stereocenters. The molecule has 0 spiro atoms. The van der Waals surface area contributed by atoms with Gasteiger partial charge in [-0.25, -0.2) is 4.39 Å². The van der Waals surface area contributed by atoms with Gasteiger partial charge in [0.1, 0.15) is 18.2 Å². The first-order valence-corrected chi connectivity index (χ1v) is 8.09. The Morgan fingerprint density at radius 2 is 1.68 bits per heavy atom. The average Bonchev–Trinajstić information content (AvgIpc) is 2.64. The van der Waals surface area contributed by atoms with Crippen LogP contribution in [0.25, 0.3) is 0 Å². The van der Waals surface area contributed by atoms with Crippen LogP contribution in [0.3, 0.4) is 0 Å². The zero-order chi connectivity index (χ0) is 17.5. The highest BCUT2D eigenvalue weighted by Gasteiger charge is 2.02. The van der Waals surface area contributed by atoms with Crippen molar-refractivity contribution >= 4 is 23.5 Å². The molecule has 25 heavy (non-hydrogen) atoms. The molecule has 0 saturated heterocycles. The fraction of sp³-hybridized carbons (Fsp3) is 0.0500. The lowest BCUT2D eigenvalue weighted by Crippen LogP contribution is -1.99. The highest BCUT2D eigenvalue weighted by molar-refractivity contribution is 6.30. The summed E-state index contributed by atoms with van der Waals surface area (Å²) in [6.45, 7) is 0.438. The lowest BCUT2D eigenvalue weighted by atomic mass is 10.2. The predicted octanol–water partition coefficient (Wildman–Crippen LogP) is 5.50. The second-order valence-electron chi connectivity index (χ2n) is 5.33. The molecule has 5 heteroatoms. The van der Waals surface area contributed by atoms with Crippen molar-refractivity contribution in [3.8, 4) is 5.75 Å². The molecule has 0 aliphatic heterocycles. The topological polar surface area (TPSA) is 33.6 Å². The summed E-state index contributed by atoms with van der Waals surface area (Å²) in [6, 6.07) is 21.1. The third kappa shape index (κ3) is 5.06. The maximum atomic E-state index is 12.9. The number of nitrogens with zero attached hydrogens (tertiary/aromatic N) is 1. The zero-order valence-corrected chi connectivity index (χ0v) is 14.1. The van der Waals surface area contributed by atoms with Gasteiger partial charge in [0.2, 0.25) is 0 Å². The van der Waals surface area contributed by atoms with Crippen molar-refractivity contribution in [1.82, 2.24) is 0 Å². The van der Waals surface area contributed by atoms with Gasteiger partial charge < -0.3 is 4.74 Å². The van der Waals surface area contributed by atoms with E-state index in [-0.39, 0.29) is 5.82 Å². The molecule has 0 saturated carbocycles. The van der Waals surface area contributed by atoms with Crippen LogP contribution < -0.4 is 10.2 Å². The van der Waals surface area contributed by atoms with E-state index < -0.39 is 0 Å². The van der Waals surface area contributed by atoms with Crippen LogP contribution in [0.15, 0.2) is 77.9 Å². The van der Waals surface area contributed by atoms with E-state index in [0.717, 1.165) is 16.9 Å². The van der Waals surface area contributed by atoms with Crippen LogP contribution in [-0.2, 0) is 6.61 Å². The summed E-state index contributed by atoms with van der Waals surface area (Å²) in [7, 11) is 0. The number of nitrogens with one attached hydrogen (secondary N) is 1. The Bertz CT molecular complexity index is 848. The maximum absolute atomic E-state index is 12.9. The lowest BCUT2D eigenvalue weighted by Gasteiger charge is -2.09. The standard InChI is InChI=1S/C20H16ClFN2O/c21-17-7-5-15(6-8-17)14-25-20-4-2-1-3-16(20)13-23-24-19-11-9-18(22)10-12-19/h1-13,24H,14H2. The third-order valence-electron chi connectivity index (χ3n) is 3.47. The van der Waals surface area contributed by atoms with Crippen LogP contribution in [0.2, 0.25) is 5.02 Å². The first-order valence-electron chi connectivity index (χ1n) is 7.71. The fourth-order valence-electron chi connectivity index (χ4n) is 2.16.